The molecular formula is C26H30ClN5O2. The monoisotopic (exact) mass is 479 g/mol. The number of rotatable bonds is 8. The minimum atomic E-state index is -0.234. The van der Waals surface area contributed by atoms with E-state index < -0.39 is 0 Å². The number of nitrogens with one attached hydrogen (secondary N) is 2. The van der Waals surface area contributed by atoms with E-state index >= 15 is 0 Å². The second kappa shape index (κ2) is 10.2. The van der Waals surface area contributed by atoms with Gasteiger partial charge in [-0.3, -0.25) is 4.79 Å². The molecule has 1 amide bonds. The van der Waals surface area contributed by atoms with Gasteiger partial charge < -0.3 is 20.3 Å². The summed E-state index contributed by atoms with van der Waals surface area (Å²) < 4.78 is 5.52. The van der Waals surface area contributed by atoms with Crippen LogP contribution in [0.4, 0.5) is 11.6 Å². The van der Waals surface area contributed by atoms with Crippen LogP contribution in [0.2, 0.25) is 5.02 Å². The zero-order chi connectivity index (χ0) is 23.5. The van der Waals surface area contributed by atoms with Gasteiger partial charge in [0.1, 0.15) is 5.75 Å². The van der Waals surface area contributed by atoms with Crippen molar-refractivity contribution >= 4 is 40.0 Å². The molecule has 0 unspecified atom stereocenters. The first-order chi connectivity index (χ1) is 16.5. The molecule has 0 radical (unpaired) electrons. The third-order valence-corrected chi connectivity index (χ3v) is 6.76. The first-order valence-electron chi connectivity index (χ1n) is 12.0. The first-order valence-corrected chi connectivity index (χ1v) is 12.4. The molecule has 34 heavy (non-hydrogen) atoms. The lowest BCUT2D eigenvalue weighted by atomic mass is 10.1. The molecule has 178 valence electrons. The van der Waals surface area contributed by atoms with E-state index in [1.54, 1.807) is 24.3 Å². The summed E-state index contributed by atoms with van der Waals surface area (Å²) in [6.45, 7) is 5.01. The summed E-state index contributed by atoms with van der Waals surface area (Å²) in [7, 11) is 0. The van der Waals surface area contributed by atoms with Gasteiger partial charge in [0.25, 0.3) is 5.91 Å². The number of hydrogen-bond donors (Lipinski definition) is 2. The number of aryl methyl sites for hydroxylation is 1. The van der Waals surface area contributed by atoms with E-state index in [4.69, 9.17) is 26.3 Å². The lowest BCUT2D eigenvalue weighted by Gasteiger charge is -2.32. The number of hydrogen-bond acceptors (Lipinski definition) is 6. The SMILES string of the molecule is Cc1nc(N2CCC(NCC3CC3)CC2)nc2ccc(NC(=O)COc3ccc(Cl)cc3)cc12. The van der Waals surface area contributed by atoms with Gasteiger partial charge in [0.05, 0.1) is 11.2 Å². The Morgan fingerprint density at radius 2 is 1.85 bits per heavy atom. The Labute approximate surface area is 204 Å². The third-order valence-electron chi connectivity index (χ3n) is 6.51. The molecule has 0 bridgehead atoms. The zero-order valence-electron chi connectivity index (χ0n) is 19.4. The van der Waals surface area contributed by atoms with Crippen molar-refractivity contribution in [1.29, 1.82) is 0 Å². The average molecular weight is 480 g/mol. The Balaban J connectivity index is 1.19. The summed E-state index contributed by atoms with van der Waals surface area (Å²) in [4.78, 5) is 24.2. The molecular weight excluding hydrogens is 450 g/mol. The number of anilines is 2. The highest BCUT2D eigenvalue weighted by Crippen LogP contribution is 2.28. The lowest BCUT2D eigenvalue weighted by molar-refractivity contribution is -0.118. The number of halogens is 1. The van der Waals surface area contributed by atoms with Gasteiger partial charge in [-0.15, -0.1) is 0 Å². The number of nitrogens with zero attached hydrogens (tertiary/aromatic N) is 3. The second-order valence-corrected chi connectivity index (χ2v) is 9.68. The number of carbonyl (C=O) groups excluding carboxylic acids is 1. The summed E-state index contributed by atoms with van der Waals surface area (Å²) in [5.74, 6) is 2.06. The van der Waals surface area contributed by atoms with Crippen molar-refractivity contribution < 1.29 is 9.53 Å². The van der Waals surface area contributed by atoms with E-state index in [1.165, 1.54) is 19.4 Å². The maximum Gasteiger partial charge on any atom is 0.262 e. The highest BCUT2D eigenvalue weighted by Gasteiger charge is 2.25. The van der Waals surface area contributed by atoms with Crippen LogP contribution in [0.25, 0.3) is 10.9 Å². The molecule has 2 N–H and O–H groups in total. The maximum atomic E-state index is 12.3. The van der Waals surface area contributed by atoms with Crippen molar-refractivity contribution in [3.63, 3.8) is 0 Å². The van der Waals surface area contributed by atoms with Gasteiger partial charge in [0, 0.05) is 35.2 Å². The standard InChI is InChI=1S/C26H30ClN5O2/c1-17-23-14-21(30-25(33)16-34-22-7-4-19(27)5-8-22)6-9-24(23)31-26(29-17)32-12-10-20(11-13-32)28-15-18-2-3-18/h4-9,14,18,20,28H,2-3,10-13,15-16H2,1H3,(H,30,33). The van der Waals surface area contributed by atoms with Gasteiger partial charge in [-0.2, -0.15) is 0 Å². The van der Waals surface area contributed by atoms with Crippen LogP contribution in [0.3, 0.4) is 0 Å². The molecule has 2 aliphatic rings. The molecule has 2 fully saturated rings. The Hall–Kier alpha value is -2.90. The number of ether oxygens (including phenoxy) is 1. The van der Waals surface area contributed by atoms with Gasteiger partial charge in [0.15, 0.2) is 6.61 Å². The van der Waals surface area contributed by atoms with Crippen molar-refractivity contribution in [3.05, 3.63) is 53.2 Å². The van der Waals surface area contributed by atoms with Gasteiger partial charge in [0.2, 0.25) is 5.95 Å². The second-order valence-electron chi connectivity index (χ2n) is 9.24. The Bertz CT molecular complexity index is 1160. The third kappa shape index (κ3) is 5.77. The molecule has 2 aromatic carbocycles. The highest BCUT2D eigenvalue weighted by atomic mass is 35.5. The van der Waals surface area contributed by atoms with E-state index in [0.717, 1.165) is 54.4 Å². The van der Waals surface area contributed by atoms with Gasteiger partial charge in [-0.25, -0.2) is 9.97 Å². The largest absolute Gasteiger partial charge is 0.484 e. The molecule has 2 heterocycles. The smallest absolute Gasteiger partial charge is 0.262 e. The van der Waals surface area contributed by atoms with Crippen molar-refractivity contribution in [2.24, 2.45) is 5.92 Å². The van der Waals surface area contributed by atoms with Gasteiger partial charge in [-0.05, 0) is 87.5 Å². The number of piperidine rings is 1. The maximum absolute atomic E-state index is 12.3. The van der Waals surface area contributed by atoms with Crippen molar-refractivity contribution in [1.82, 2.24) is 15.3 Å². The summed E-state index contributed by atoms with van der Waals surface area (Å²) in [6, 6.07) is 13.2. The molecule has 0 atom stereocenters. The van der Waals surface area contributed by atoms with E-state index in [9.17, 15) is 4.79 Å². The van der Waals surface area contributed by atoms with Crippen molar-refractivity contribution in [2.75, 3.05) is 36.5 Å². The number of aromatic nitrogens is 2. The van der Waals surface area contributed by atoms with Crippen LogP contribution in [0.15, 0.2) is 42.5 Å². The number of fused-ring (bicyclic) bond motifs is 1. The average Bonchev–Trinajstić information content (AvgIpc) is 3.68. The fraction of sp³-hybridized carbons (Fsp3) is 0.423. The predicted molar refractivity (Wildman–Crippen MR) is 136 cm³/mol. The molecule has 1 aliphatic carbocycles. The van der Waals surface area contributed by atoms with Gasteiger partial charge >= 0.3 is 0 Å². The van der Waals surface area contributed by atoms with Crippen LogP contribution in [0, 0.1) is 12.8 Å². The van der Waals surface area contributed by atoms with Crippen LogP contribution in [0.5, 0.6) is 5.75 Å². The summed E-state index contributed by atoms with van der Waals surface area (Å²) in [5, 5.41) is 8.17. The fourth-order valence-electron chi connectivity index (χ4n) is 4.30. The Morgan fingerprint density at radius 3 is 2.59 bits per heavy atom. The molecule has 8 heteroatoms. The molecule has 1 aliphatic heterocycles. The quantitative estimate of drug-likeness (QED) is 0.492. The Kier molecular flexibility index (Phi) is 6.83. The molecule has 7 nitrogen and oxygen atoms in total. The fourth-order valence-corrected chi connectivity index (χ4v) is 4.43. The van der Waals surface area contributed by atoms with Crippen LogP contribution < -0.4 is 20.3 Å². The molecule has 5 rings (SSSR count). The minimum absolute atomic E-state index is 0.0838. The summed E-state index contributed by atoms with van der Waals surface area (Å²) in [5.41, 5.74) is 2.48. The molecule has 1 aromatic heterocycles. The molecule has 3 aromatic rings. The predicted octanol–water partition coefficient (Wildman–Crippen LogP) is 4.58. The Morgan fingerprint density at radius 1 is 1.09 bits per heavy atom. The lowest BCUT2D eigenvalue weighted by Crippen LogP contribution is -2.43. The number of benzene rings is 2. The van der Waals surface area contributed by atoms with Gasteiger partial charge in [-0.1, -0.05) is 11.6 Å². The topological polar surface area (TPSA) is 79.4 Å². The minimum Gasteiger partial charge on any atom is -0.484 e. The van der Waals surface area contributed by atoms with Crippen LogP contribution in [-0.2, 0) is 4.79 Å². The van der Waals surface area contributed by atoms with Crippen LogP contribution in [0.1, 0.15) is 31.4 Å². The molecule has 1 saturated carbocycles. The van der Waals surface area contributed by atoms with Crippen molar-refractivity contribution in [2.45, 2.75) is 38.6 Å². The molecule has 1 saturated heterocycles. The normalized spacial score (nSPS) is 16.6. The van der Waals surface area contributed by atoms with E-state index in [2.05, 4.69) is 15.5 Å². The van der Waals surface area contributed by atoms with E-state index in [-0.39, 0.29) is 12.5 Å². The highest BCUT2D eigenvalue weighted by molar-refractivity contribution is 6.30. The van der Waals surface area contributed by atoms with Crippen LogP contribution in [-0.4, -0.2) is 48.2 Å². The summed E-state index contributed by atoms with van der Waals surface area (Å²) in [6.07, 6.45) is 5.02. The van der Waals surface area contributed by atoms with Crippen LogP contribution >= 0.6 is 11.6 Å². The van der Waals surface area contributed by atoms with Crippen molar-refractivity contribution in [3.8, 4) is 5.75 Å². The summed E-state index contributed by atoms with van der Waals surface area (Å²) >= 11 is 5.87. The zero-order valence-corrected chi connectivity index (χ0v) is 20.1. The number of amides is 1. The first kappa shape index (κ1) is 22.9. The van der Waals surface area contributed by atoms with E-state index in [0.29, 0.717) is 22.5 Å². The number of carbonyl (C=O) groups is 1. The molecule has 0 spiro atoms. The van der Waals surface area contributed by atoms with E-state index in [1.807, 2.05) is 25.1 Å².